The van der Waals surface area contributed by atoms with Crippen LogP contribution in [0.3, 0.4) is 0 Å². The molecule has 0 aliphatic heterocycles. The van der Waals surface area contributed by atoms with E-state index in [-0.39, 0.29) is 11.4 Å². The van der Waals surface area contributed by atoms with Crippen molar-refractivity contribution >= 4 is 5.91 Å². The molecule has 0 atom stereocenters. The number of rotatable bonds is 5. The first kappa shape index (κ1) is 13.9. The summed E-state index contributed by atoms with van der Waals surface area (Å²) >= 11 is 0. The van der Waals surface area contributed by atoms with Crippen LogP contribution in [-0.4, -0.2) is 24.6 Å². The number of amides is 1. The van der Waals surface area contributed by atoms with Gasteiger partial charge in [0, 0.05) is 12.1 Å². The highest BCUT2D eigenvalue weighted by molar-refractivity contribution is 5.94. The molecule has 0 radical (unpaired) electrons. The number of benzene rings is 1. The minimum absolute atomic E-state index is 0.0459. The van der Waals surface area contributed by atoms with Gasteiger partial charge in [-0.15, -0.1) is 0 Å². The molecule has 2 rings (SSSR count). The van der Waals surface area contributed by atoms with Gasteiger partial charge >= 0.3 is 0 Å². The van der Waals surface area contributed by atoms with Gasteiger partial charge in [0.15, 0.2) is 0 Å². The van der Waals surface area contributed by atoms with Crippen molar-refractivity contribution < 1.29 is 9.53 Å². The number of ether oxygens (including phenoxy) is 1. The van der Waals surface area contributed by atoms with E-state index in [0.717, 1.165) is 31.4 Å². The van der Waals surface area contributed by atoms with E-state index in [1.807, 2.05) is 19.1 Å². The van der Waals surface area contributed by atoms with Crippen LogP contribution < -0.4 is 15.8 Å². The molecule has 4 heteroatoms. The van der Waals surface area contributed by atoms with Gasteiger partial charge < -0.3 is 15.8 Å². The molecular weight excluding hydrogens is 240 g/mol. The van der Waals surface area contributed by atoms with Crippen molar-refractivity contribution in [1.29, 1.82) is 0 Å². The summed E-state index contributed by atoms with van der Waals surface area (Å²) in [6.45, 7) is 3.07. The number of nitrogens with one attached hydrogen (secondary N) is 1. The first-order chi connectivity index (χ1) is 9.19. The number of carbonyl (C=O) groups is 1. The fraction of sp³-hybridized carbons (Fsp3) is 0.533. The molecule has 0 bridgehead atoms. The fourth-order valence-corrected chi connectivity index (χ4v) is 2.61. The lowest BCUT2D eigenvalue weighted by molar-refractivity contribution is 0.0903. The van der Waals surface area contributed by atoms with E-state index in [0.29, 0.717) is 18.7 Å². The molecular formula is C15H22N2O2. The molecule has 1 aromatic rings. The molecule has 1 aliphatic rings. The minimum atomic E-state index is -0.199. The van der Waals surface area contributed by atoms with Gasteiger partial charge in [-0.05, 0) is 44.0 Å². The third-order valence-electron chi connectivity index (χ3n) is 3.76. The van der Waals surface area contributed by atoms with Crippen molar-refractivity contribution in [2.45, 2.75) is 38.1 Å². The van der Waals surface area contributed by atoms with Crippen molar-refractivity contribution in [3.63, 3.8) is 0 Å². The Morgan fingerprint density at radius 3 is 2.47 bits per heavy atom. The average molecular weight is 262 g/mol. The van der Waals surface area contributed by atoms with Gasteiger partial charge in [-0.2, -0.15) is 0 Å². The SMILES string of the molecule is CCOc1ccc(C(=O)NC2(CN)CCCC2)cc1. The molecule has 0 spiro atoms. The van der Waals surface area contributed by atoms with Crippen LogP contribution in [0.15, 0.2) is 24.3 Å². The van der Waals surface area contributed by atoms with Crippen molar-refractivity contribution in [3.8, 4) is 5.75 Å². The van der Waals surface area contributed by atoms with Crippen LogP contribution in [0.1, 0.15) is 43.0 Å². The molecule has 0 heterocycles. The number of nitrogens with two attached hydrogens (primary N) is 1. The molecule has 1 aliphatic carbocycles. The highest BCUT2D eigenvalue weighted by Crippen LogP contribution is 2.29. The summed E-state index contributed by atoms with van der Waals surface area (Å²) in [5.41, 5.74) is 6.28. The Balaban J connectivity index is 2.03. The standard InChI is InChI=1S/C15H22N2O2/c1-2-19-13-7-5-12(6-8-13)14(18)17-15(11-16)9-3-4-10-15/h5-8H,2-4,9-11,16H2,1H3,(H,17,18). The molecule has 0 saturated heterocycles. The Morgan fingerprint density at radius 2 is 1.95 bits per heavy atom. The lowest BCUT2D eigenvalue weighted by Crippen LogP contribution is -2.51. The number of hydrogen-bond acceptors (Lipinski definition) is 3. The topological polar surface area (TPSA) is 64.3 Å². The van der Waals surface area contributed by atoms with Crippen LogP contribution in [0.5, 0.6) is 5.75 Å². The summed E-state index contributed by atoms with van der Waals surface area (Å²) in [5, 5.41) is 3.11. The van der Waals surface area contributed by atoms with Crippen LogP contribution in [0.2, 0.25) is 0 Å². The zero-order valence-corrected chi connectivity index (χ0v) is 11.4. The Kier molecular flexibility index (Phi) is 4.43. The highest BCUT2D eigenvalue weighted by Gasteiger charge is 2.33. The van der Waals surface area contributed by atoms with E-state index in [4.69, 9.17) is 10.5 Å². The maximum Gasteiger partial charge on any atom is 0.251 e. The largest absolute Gasteiger partial charge is 0.494 e. The molecule has 1 saturated carbocycles. The van der Waals surface area contributed by atoms with Crippen LogP contribution in [0.25, 0.3) is 0 Å². The second-order valence-electron chi connectivity index (χ2n) is 5.10. The van der Waals surface area contributed by atoms with E-state index in [1.54, 1.807) is 12.1 Å². The van der Waals surface area contributed by atoms with Gasteiger partial charge in [-0.1, -0.05) is 12.8 Å². The second kappa shape index (κ2) is 6.06. The van der Waals surface area contributed by atoms with Crippen LogP contribution in [0.4, 0.5) is 0 Å². The fourth-order valence-electron chi connectivity index (χ4n) is 2.61. The Bertz CT molecular complexity index is 422. The number of carbonyl (C=O) groups excluding carboxylic acids is 1. The van der Waals surface area contributed by atoms with Crippen LogP contribution in [-0.2, 0) is 0 Å². The minimum Gasteiger partial charge on any atom is -0.494 e. The summed E-state index contributed by atoms with van der Waals surface area (Å²) in [5.74, 6) is 0.740. The lowest BCUT2D eigenvalue weighted by atomic mass is 9.97. The third-order valence-corrected chi connectivity index (χ3v) is 3.76. The molecule has 1 amide bonds. The monoisotopic (exact) mass is 262 g/mol. The number of hydrogen-bond donors (Lipinski definition) is 2. The molecule has 1 fully saturated rings. The normalized spacial score (nSPS) is 17.2. The lowest BCUT2D eigenvalue weighted by Gasteiger charge is -2.28. The van der Waals surface area contributed by atoms with Crippen molar-refractivity contribution in [2.24, 2.45) is 5.73 Å². The van der Waals surface area contributed by atoms with E-state index >= 15 is 0 Å². The third kappa shape index (κ3) is 3.26. The quantitative estimate of drug-likeness (QED) is 0.854. The molecule has 104 valence electrons. The van der Waals surface area contributed by atoms with Gasteiger partial charge in [0.05, 0.1) is 12.1 Å². The Labute approximate surface area is 114 Å². The second-order valence-corrected chi connectivity index (χ2v) is 5.10. The van der Waals surface area contributed by atoms with Crippen LogP contribution in [0, 0.1) is 0 Å². The van der Waals surface area contributed by atoms with E-state index in [1.165, 1.54) is 0 Å². The van der Waals surface area contributed by atoms with E-state index in [9.17, 15) is 4.79 Å². The van der Waals surface area contributed by atoms with E-state index in [2.05, 4.69) is 5.32 Å². The Morgan fingerprint density at radius 1 is 1.32 bits per heavy atom. The van der Waals surface area contributed by atoms with Gasteiger partial charge in [0.25, 0.3) is 5.91 Å². The summed E-state index contributed by atoms with van der Waals surface area (Å²) in [7, 11) is 0. The molecule has 3 N–H and O–H groups in total. The molecule has 1 aromatic carbocycles. The summed E-state index contributed by atoms with van der Waals surface area (Å²) in [4.78, 5) is 12.2. The zero-order valence-electron chi connectivity index (χ0n) is 11.4. The summed E-state index contributed by atoms with van der Waals surface area (Å²) in [6, 6.07) is 7.23. The Hall–Kier alpha value is -1.55. The highest BCUT2D eigenvalue weighted by atomic mass is 16.5. The van der Waals surface area contributed by atoms with Gasteiger partial charge in [-0.25, -0.2) is 0 Å². The molecule has 0 unspecified atom stereocenters. The van der Waals surface area contributed by atoms with Gasteiger partial charge in [0.2, 0.25) is 0 Å². The van der Waals surface area contributed by atoms with Gasteiger partial charge in [-0.3, -0.25) is 4.79 Å². The van der Waals surface area contributed by atoms with Crippen molar-refractivity contribution in [2.75, 3.05) is 13.2 Å². The van der Waals surface area contributed by atoms with Crippen molar-refractivity contribution in [1.82, 2.24) is 5.32 Å². The predicted molar refractivity (Wildman–Crippen MR) is 75.3 cm³/mol. The predicted octanol–water partition coefficient (Wildman–Crippen LogP) is 2.09. The summed E-state index contributed by atoms with van der Waals surface area (Å²) < 4.78 is 5.36. The smallest absolute Gasteiger partial charge is 0.251 e. The molecule has 4 nitrogen and oxygen atoms in total. The van der Waals surface area contributed by atoms with Crippen molar-refractivity contribution in [3.05, 3.63) is 29.8 Å². The van der Waals surface area contributed by atoms with Gasteiger partial charge in [0.1, 0.15) is 5.75 Å². The van der Waals surface area contributed by atoms with Crippen LogP contribution >= 0.6 is 0 Å². The van der Waals surface area contributed by atoms with E-state index < -0.39 is 0 Å². The summed E-state index contributed by atoms with van der Waals surface area (Å²) in [6.07, 6.45) is 4.24. The molecule has 19 heavy (non-hydrogen) atoms. The maximum atomic E-state index is 12.2. The first-order valence-electron chi connectivity index (χ1n) is 6.94. The maximum absolute atomic E-state index is 12.2. The first-order valence-corrected chi connectivity index (χ1v) is 6.94. The zero-order chi connectivity index (χ0) is 13.7. The average Bonchev–Trinajstić information content (AvgIpc) is 2.89. The molecule has 0 aromatic heterocycles.